The third-order valence-electron chi connectivity index (χ3n) is 3.28. The number of nitrogens with two attached hydrogens (primary N) is 1. The summed E-state index contributed by atoms with van der Waals surface area (Å²) < 4.78 is 5.42. The minimum atomic E-state index is -0.620. The fourth-order valence-corrected chi connectivity index (χ4v) is 1.74. The van der Waals surface area contributed by atoms with Gasteiger partial charge in [0.15, 0.2) is 0 Å². The summed E-state index contributed by atoms with van der Waals surface area (Å²) in [4.78, 5) is 12.1. The van der Waals surface area contributed by atoms with Crippen LogP contribution >= 0.6 is 0 Å². The van der Waals surface area contributed by atoms with Crippen LogP contribution < -0.4 is 11.1 Å². The lowest BCUT2D eigenvalue weighted by molar-refractivity contribution is 0.0942. The molecule has 0 bridgehead atoms. The van der Waals surface area contributed by atoms with Gasteiger partial charge in [0.25, 0.3) is 5.91 Å². The Morgan fingerprint density at radius 3 is 2.37 bits per heavy atom. The first-order valence-electron chi connectivity index (χ1n) is 6.03. The average molecular weight is 267 g/mol. The topological polar surface area (TPSA) is 101 Å². The van der Waals surface area contributed by atoms with Crippen LogP contribution in [0.15, 0.2) is 9.57 Å². The van der Waals surface area contributed by atoms with Crippen molar-refractivity contribution in [3.8, 4) is 0 Å². The van der Waals surface area contributed by atoms with Crippen molar-refractivity contribution >= 4 is 11.7 Å². The van der Waals surface area contributed by atoms with E-state index in [1.807, 2.05) is 13.8 Å². The van der Waals surface area contributed by atoms with Gasteiger partial charge < -0.3 is 20.7 Å². The summed E-state index contributed by atoms with van der Waals surface area (Å²) in [6.45, 7) is 9.24. The fraction of sp³-hybridized carbons (Fsp3) is 0.538. The lowest BCUT2D eigenvalue weighted by Crippen LogP contribution is -2.42. The Balaban J connectivity index is 2.82. The number of carbonyl (C=O) groups is 1. The maximum absolute atomic E-state index is 12.1. The third kappa shape index (κ3) is 3.07. The molecule has 1 heterocycles. The molecule has 1 aromatic heterocycles. The highest BCUT2D eigenvalue weighted by Crippen LogP contribution is 2.21. The van der Waals surface area contributed by atoms with Crippen LogP contribution in [-0.2, 0) is 0 Å². The summed E-state index contributed by atoms with van der Waals surface area (Å²) in [7, 11) is 0. The van der Waals surface area contributed by atoms with E-state index in [0.717, 1.165) is 11.3 Å². The molecule has 0 saturated heterocycles. The zero-order chi connectivity index (χ0) is 14.8. The van der Waals surface area contributed by atoms with Gasteiger partial charge in [0.2, 0.25) is 0 Å². The van der Waals surface area contributed by atoms with E-state index in [-0.39, 0.29) is 18.3 Å². The van der Waals surface area contributed by atoms with E-state index < -0.39 is 5.41 Å². The summed E-state index contributed by atoms with van der Waals surface area (Å²) >= 11 is 0. The van der Waals surface area contributed by atoms with Crippen LogP contribution in [0.5, 0.6) is 0 Å². The summed E-state index contributed by atoms with van der Waals surface area (Å²) in [5, 5.41) is 14.4. The molecule has 0 atom stereocenters. The Kier molecular flexibility index (Phi) is 4.24. The number of furan rings is 1. The second-order valence-electron chi connectivity index (χ2n) is 5.27. The molecule has 0 radical (unpaired) electrons. The first-order valence-corrected chi connectivity index (χ1v) is 6.03. The van der Waals surface area contributed by atoms with Gasteiger partial charge in [-0.25, -0.2) is 0 Å². The van der Waals surface area contributed by atoms with E-state index in [1.54, 1.807) is 20.8 Å². The Morgan fingerprint density at radius 1 is 1.37 bits per heavy atom. The number of carbonyl (C=O) groups excluding carboxylic acids is 1. The number of rotatable bonds is 4. The zero-order valence-electron chi connectivity index (χ0n) is 12.0. The van der Waals surface area contributed by atoms with Gasteiger partial charge in [0.1, 0.15) is 17.4 Å². The minimum Gasteiger partial charge on any atom is -0.466 e. The second kappa shape index (κ2) is 5.34. The Hall–Kier alpha value is -1.98. The van der Waals surface area contributed by atoms with E-state index >= 15 is 0 Å². The van der Waals surface area contributed by atoms with Crippen LogP contribution in [0.3, 0.4) is 0 Å². The van der Waals surface area contributed by atoms with Gasteiger partial charge in [0.05, 0.1) is 5.56 Å². The average Bonchev–Trinajstić information content (AvgIpc) is 2.59. The fourth-order valence-electron chi connectivity index (χ4n) is 1.74. The van der Waals surface area contributed by atoms with Crippen LogP contribution in [0.1, 0.15) is 41.3 Å². The number of amidine groups is 1. The number of nitrogens with zero attached hydrogens (tertiary/aromatic N) is 1. The van der Waals surface area contributed by atoms with Gasteiger partial charge in [-0.05, 0) is 20.8 Å². The molecule has 6 nitrogen and oxygen atoms in total. The van der Waals surface area contributed by atoms with Gasteiger partial charge in [-0.1, -0.05) is 19.0 Å². The van der Waals surface area contributed by atoms with Crippen LogP contribution in [0.2, 0.25) is 0 Å². The van der Waals surface area contributed by atoms with Gasteiger partial charge in [-0.15, -0.1) is 0 Å². The molecule has 0 aliphatic rings. The molecule has 106 valence electrons. The lowest BCUT2D eigenvalue weighted by atomic mass is 9.92. The van der Waals surface area contributed by atoms with Crippen molar-refractivity contribution in [3.63, 3.8) is 0 Å². The van der Waals surface area contributed by atoms with Crippen molar-refractivity contribution < 1.29 is 14.4 Å². The lowest BCUT2D eigenvalue weighted by Gasteiger charge is -2.23. The van der Waals surface area contributed by atoms with E-state index in [4.69, 9.17) is 15.4 Å². The number of nitrogens with one attached hydrogen (secondary N) is 1. The van der Waals surface area contributed by atoms with Crippen LogP contribution in [0.4, 0.5) is 0 Å². The summed E-state index contributed by atoms with van der Waals surface area (Å²) in [5.74, 6) is 1.18. The molecule has 0 fully saturated rings. The van der Waals surface area contributed by atoms with Crippen molar-refractivity contribution in [2.75, 3.05) is 6.54 Å². The molecule has 0 aliphatic heterocycles. The normalized spacial score (nSPS) is 12.6. The minimum absolute atomic E-state index is 0.0737. The molecule has 0 spiro atoms. The second-order valence-corrected chi connectivity index (χ2v) is 5.27. The highest BCUT2D eigenvalue weighted by molar-refractivity contribution is 5.97. The van der Waals surface area contributed by atoms with E-state index in [0.29, 0.717) is 11.3 Å². The predicted octanol–water partition coefficient (Wildman–Crippen LogP) is 1.71. The summed E-state index contributed by atoms with van der Waals surface area (Å²) in [5.41, 5.74) is 6.33. The van der Waals surface area contributed by atoms with Crippen LogP contribution in [0.25, 0.3) is 0 Å². The van der Waals surface area contributed by atoms with E-state index in [9.17, 15) is 4.79 Å². The third-order valence-corrected chi connectivity index (χ3v) is 3.28. The van der Waals surface area contributed by atoms with Crippen LogP contribution in [-0.4, -0.2) is 23.5 Å². The SMILES string of the molecule is Cc1oc(C)c(C(=O)NCC(C)(C)C(N)=NO)c1C. The highest BCUT2D eigenvalue weighted by atomic mass is 16.4. The predicted molar refractivity (Wildman–Crippen MR) is 72.4 cm³/mol. The zero-order valence-corrected chi connectivity index (χ0v) is 12.0. The molecule has 19 heavy (non-hydrogen) atoms. The summed E-state index contributed by atoms with van der Waals surface area (Å²) in [6.07, 6.45) is 0. The standard InChI is InChI=1S/C13H21N3O3/c1-7-8(2)19-9(3)10(7)11(17)15-6-13(4,5)12(14)16-18/h18H,6H2,1-5H3,(H2,14,16)(H,15,17). The van der Waals surface area contributed by atoms with E-state index in [2.05, 4.69) is 10.5 Å². The van der Waals surface area contributed by atoms with Gasteiger partial charge in [0, 0.05) is 17.5 Å². The molecule has 4 N–H and O–H groups in total. The van der Waals surface area contributed by atoms with Crippen molar-refractivity contribution in [2.45, 2.75) is 34.6 Å². The quantitative estimate of drug-likeness (QED) is 0.334. The molecular weight excluding hydrogens is 246 g/mol. The molecule has 1 aromatic rings. The van der Waals surface area contributed by atoms with Crippen molar-refractivity contribution in [3.05, 3.63) is 22.6 Å². The Bertz CT molecular complexity index is 515. The first-order chi connectivity index (χ1) is 8.70. The highest BCUT2D eigenvalue weighted by Gasteiger charge is 2.26. The van der Waals surface area contributed by atoms with Crippen LogP contribution in [0, 0.1) is 26.2 Å². The van der Waals surface area contributed by atoms with Crippen molar-refractivity contribution in [1.82, 2.24) is 5.32 Å². The number of oxime groups is 1. The number of hydrogen-bond donors (Lipinski definition) is 3. The molecule has 0 aliphatic carbocycles. The van der Waals surface area contributed by atoms with Gasteiger partial charge in [-0.2, -0.15) is 0 Å². The molecule has 1 rings (SSSR count). The molecule has 0 unspecified atom stereocenters. The molecule has 0 aromatic carbocycles. The number of aryl methyl sites for hydroxylation is 2. The number of amides is 1. The molecule has 6 heteroatoms. The smallest absolute Gasteiger partial charge is 0.255 e. The molecular formula is C13H21N3O3. The van der Waals surface area contributed by atoms with E-state index in [1.165, 1.54) is 0 Å². The van der Waals surface area contributed by atoms with Crippen molar-refractivity contribution in [2.24, 2.45) is 16.3 Å². The maximum atomic E-state index is 12.1. The molecule has 0 saturated carbocycles. The monoisotopic (exact) mass is 267 g/mol. The van der Waals surface area contributed by atoms with Gasteiger partial charge >= 0.3 is 0 Å². The summed E-state index contributed by atoms with van der Waals surface area (Å²) in [6, 6.07) is 0. The largest absolute Gasteiger partial charge is 0.466 e. The molecule has 1 amide bonds. The Morgan fingerprint density at radius 2 is 1.95 bits per heavy atom. The van der Waals surface area contributed by atoms with Gasteiger partial charge in [-0.3, -0.25) is 4.79 Å². The Labute approximate surface area is 112 Å². The van der Waals surface area contributed by atoms with Crippen molar-refractivity contribution in [1.29, 1.82) is 0 Å². The first kappa shape index (κ1) is 15.1. The number of hydrogen-bond acceptors (Lipinski definition) is 4. The maximum Gasteiger partial charge on any atom is 0.255 e.